The first-order chi connectivity index (χ1) is 16.7. The van der Waals surface area contributed by atoms with Gasteiger partial charge in [-0.3, -0.25) is 4.79 Å². The van der Waals surface area contributed by atoms with E-state index in [9.17, 15) is 4.79 Å². The Labute approximate surface area is 204 Å². The lowest BCUT2D eigenvalue weighted by molar-refractivity contribution is -0.148. The van der Waals surface area contributed by atoms with Crippen molar-refractivity contribution in [2.45, 2.75) is 94.6 Å². The number of likely N-dealkylation sites (tertiary alicyclic amines) is 1. The summed E-state index contributed by atoms with van der Waals surface area (Å²) in [5.74, 6) is 3.39. The Morgan fingerprint density at radius 1 is 1.06 bits per heavy atom. The number of nitrogens with zero attached hydrogens (tertiary/aromatic N) is 1. The number of benzene rings is 1. The smallest absolute Gasteiger partial charge is 0.252 e. The maximum atomic E-state index is 13.0. The molecular weight excluding hydrogens is 428 g/mol. The zero-order valence-corrected chi connectivity index (χ0v) is 20.9. The number of hydrogen-bond acceptors (Lipinski definition) is 5. The van der Waals surface area contributed by atoms with Gasteiger partial charge in [-0.2, -0.15) is 0 Å². The molecule has 188 valence electrons. The Bertz CT molecular complexity index is 822. The monoisotopic (exact) mass is 470 g/mol. The molecule has 0 aromatic heterocycles. The molecule has 1 aromatic rings. The molecule has 2 aliphatic carbocycles. The molecule has 0 bridgehead atoms. The number of carbonyl (C=O) groups is 1. The van der Waals surface area contributed by atoms with E-state index in [1.807, 2.05) is 6.07 Å². The fourth-order valence-electron chi connectivity index (χ4n) is 6.67. The van der Waals surface area contributed by atoms with Gasteiger partial charge in [0.2, 0.25) is 6.79 Å². The van der Waals surface area contributed by atoms with Crippen LogP contribution in [-0.4, -0.2) is 56.0 Å². The van der Waals surface area contributed by atoms with Crippen LogP contribution in [0.1, 0.15) is 88.5 Å². The number of methoxy groups -OCH3 is 1. The molecule has 5 rings (SSSR count). The zero-order chi connectivity index (χ0) is 23.4. The number of nitrogens with one attached hydrogen (secondary N) is 1. The lowest BCUT2D eigenvalue weighted by Crippen LogP contribution is -2.53. The van der Waals surface area contributed by atoms with E-state index in [1.54, 1.807) is 7.11 Å². The van der Waals surface area contributed by atoms with Gasteiger partial charge in [0.15, 0.2) is 11.5 Å². The van der Waals surface area contributed by atoms with Crippen LogP contribution in [0, 0.1) is 5.92 Å². The first-order valence-electron chi connectivity index (χ1n) is 13.6. The van der Waals surface area contributed by atoms with Gasteiger partial charge in [-0.25, -0.2) is 0 Å². The second-order valence-electron chi connectivity index (χ2n) is 10.9. The second-order valence-corrected chi connectivity index (χ2v) is 10.9. The van der Waals surface area contributed by atoms with E-state index in [-0.39, 0.29) is 5.91 Å². The number of amides is 1. The van der Waals surface area contributed by atoms with Crippen molar-refractivity contribution in [1.29, 1.82) is 0 Å². The molecule has 4 aliphatic rings. The first kappa shape index (κ1) is 23.9. The Morgan fingerprint density at radius 2 is 1.82 bits per heavy atom. The van der Waals surface area contributed by atoms with Crippen molar-refractivity contribution in [2.75, 3.05) is 33.5 Å². The fourth-order valence-corrected chi connectivity index (χ4v) is 6.67. The third-order valence-electron chi connectivity index (χ3n) is 8.96. The maximum absolute atomic E-state index is 13.0. The predicted molar refractivity (Wildman–Crippen MR) is 132 cm³/mol. The van der Waals surface area contributed by atoms with Crippen molar-refractivity contribution in [2.24, 2.45) is 5.92 Å². The Balaban J connectivity index is 1.02. The van der Waals surface area contributed by atoms with E-state index in [2.05, 4.69) is 22.3 Å². The molecule has 0 unspecified atom stereocenters. The van der Waals surface area contributed by atoms with Gasteiger partial charge < -0.3 is 24.4 Å². The molecule has 1 amide bonds. The predicted octanol–water partition coefficient (Wildman–Crippen LogP) is 5.01. The molecule has 0 radical (unpaired) electrons. The van der Waals surface area contributed by atoms with Crippen molar-refractivity contribution in [3.8, 4) is 11.5 Å². The SMILES string of the molecule is COC1(C(=O)NC2CCC(CCN3CCC(c4cccc5c4OCO5)CC3)CC2)CCCCC1. The Morgan fingerprint density at radius 3 is 2.56 bits per heavy atom. The van der Waals surface area contributed by atoms with Crippen LogP contribution in [0.2, 0.25) is 0 Å². The van der Waals surface area contributed by atoms with Crippen LogP contribution < -0.4 is 14.8 Å². The minimum absolute atomic E-state index is 0.141. The van der Waals surface area contributed by atoms with Crippen LogP contribution in [-0.2, 0) is 9.53 Å². The maximum Gasteiger partial charge on any atom is 0.252 e. The summed E-state index contributed by atoms with van der Waals surface area (Å²) in [5.41, 5.74) is 0.763. The number of piperidine rings is 1. The van der Waals surface area contributed by atoms with Crippen LogP contribution >= 0.6 is 0 Å². The van der Waals surface area contributed by atoms with E-state index in [4.69, 9.17) is 14.2 Å². The normalized spacial score (nSPS) is 27.4. The largest absolute Gasteiger partial charge is 0.454 e. The van der Waals surface area contributed by atoms with E-state index in [0.29, 0.717) is 18.8 Å². The summed E-state index contributed by atoms with van der Waals surface area (Å²) < 4.78 is 17.0. The lowest BCUT2D eigenvalue weighted by atomic mass is 9.81. The minimum Gasteiger partial charge on any atom is -0.454 e. The summed E-state index contributed by atoms with van der Waals surface area (Å²) in [6, 6.07) is 6.64. The molecule has 1 N–H and O–H groups in total. The molecule has 2 aliphatic heterocycles. The quantitative estimate of drug-likeness (QED) is 0.607. The van der Waals surface area contributed by atoms with Gasteiger partial charge >= 0.3 is 0 Å². The summed E-state index contributed by atoms with van der Waals surface area (Å²) in [5, 5.41) is 3.35. The minimum atomic E-state index is -0.569. The average Bonchev–Trinajstić information content (AvgIpc) is 3.38. The lowest BCUT2D eigenvalue weighted by Gasteiger charge is -2.37. The van der Waals surface area contributed by atoms with Gasteiger partial charge in [0.25, 0.3) is 5.91 Å². The van der Waals surface area contributed by atoms with Crippen molar-refractivity contribution < 1.29 is 19.0 Å². The van der Waals surface area contributed by atoms with E-state index >= 15 is 0 Å². The van der Waals surface area contributed by atoms with Crippen LogP contribution in [0.5, 0.6) is 11.5 Å². The summed E-state index contributed by atoms with van der Waals surface area (Å²) in [6.07, 6.45) is 13.5. The Hall–Kier alpha value is -1.79. The molecule has 6 nitrogen and oxygen atoms in total. The molecule has 6 heteroatoms. The van der Waals surface area contributed by atoms with Crippen LogP contribution in [0.3, 0.4) is 0 Å². The van der Waals surface area contributed by atoms with Gasteiger partial charge in [0.1, 0.15) is 5.60 Å². The highest BCUT2D eigenvalue weighted by atomic mass is 16.7. The molecule has 34 heavy (non-hydrogen) atoms. The van der Waals surface area contributed by atoms with Crippen molar-refractivity contribution in [1.82, 2.24) is 10.2 Å². The fraction of sp³-hybridized carbons (Fsp3) is 0.750. The topological polar surface area (TPSA) is 60.0 Å². The van der Waals surface area contributed by atoms with E-state index in [1.165, 1.54) is 63.7 Å². The molecule has 2 heterocycles. The number of hydrogen-bond donors (Lipinski definition) is 1. The highest BCUT2D eigenvalue weighted by Crippen LogP contribution is 2.42. The molecular formula is C28H42N2O4. The number of carbonyl (C=O) groups excluding carboxylic acids is 1. The van der Waals surface area contributed by atoms with Gasteiger partial charge in [0.05, 0.1) is 0 Å². The third kappa shape index (κ3) is 5.23. The summed E-state index contributed by atoms with van der Waals surface area (Å²) >= 11 is 0. The number of para-hydroxylation sites is 1. The van der Waals surface area contributed by atoms with Gasteiger partial charge in [0, 0.05) is 18.7 Å². The number of rotatable bonds is 7. The molecule has 3 fully saturated rings. The average molecular weight is 471 g/mol. The van der Waals surface area contributed by atoms with Crippen molar-refractivity contribution in [3.05, 3.63) is 23.8 Å². The van der Waals surface area contributed by atoms with Crippen molar-refractivity contribution in [3.63, 3.8) is 0 Å². The summed E-state index contributed by atoms with van der Waals surface area (Å²) in [4.78, 5) is 15.6. The molecule has 1 aromatic carbocycles. The van der Waals surface area contributed by atoms with Crippen molar-refractivity contribution >= 4 is 5.91 Å². The second kappa shape index (κ2) is 10.9. The number of ether oxygens (including phenoxy) is 3. The standard InChI is InChI=1S/C28H42N2O4/c1-32-28(15-3-2-4-16-28)27(31)29-23-10-8-21(9-11-23)12-17-30-18-13-22(14-19-30)24-6-5-7-25-26(24)34-20-33-25/h5-7,21-23H,2-4,8-20H2,1H3,(H,29,31). The molecule has 1 saturated heterocycles. The molecule has 0 spiro atoms. The third-order valence-corrected chi connectivity index (χ3v) is 8.96. The van der Waals surface area contributed by atoms with Gasteiger partial charge in [-0.05, 0) is 95.3 Å². The highest BCUT2D eigenvalue weighted by Gasteiger charge is 2.40. The van der Waals surface area contributed by atoms with Crippen LogP contribution in [0.25, 0.3) is 0 Å². The Kier molecular flexibility index (Phi) is 7.64. The molecule has 0 atom stereocenters. The van der Waals surface area contributed by atoms with Gasteiger partial charge in [-0.1, -0.05) is 31.4 Å². The highest BCUT2D eigenvalue weighted by molar-refractivity contribution is 5.85. The van der Waals surface area contributed by atoms with Crippen LogP contribution in [0.4, 0.5) is 0 Å². The first-order valence-corrected chi connectivity index (χ1v) is 13.6. The van der Waals surface area contributed by atoms with E-state index < -0.39 is 5.60 Å². The van der Waals surface area contributed by atoms with Gasteiger partial charge in [-0.15, -0.1) is 0 Å². The molecule has 2 saturated carbocycles. The van der Waals surface area contributed by atoms with Crippen LogP contribution in [0.15, 0.2) is 18.2 Å². The number of fused-ring (bicyclic) bond motifs is 1. The summed E-state index contributed by atoms with van der Waals surface area (Å²) in [6.45, 7) is 3.89. The summed E-state index contributed by atoms with van der Waals surface area (Å²) in [7, 11) is 1.71. The van der Waals surface area contributed by atoms with E-state index in [0.717, 1.165) is 55.9 Å². The zero-order valence-electron chi connectivity index (χ0n) is 20.9.